The Morgan fingerprint density at radius 3 is 2.87 bits per heavy atom. The van der Waals surface area contributed by atoms with E-state index in [1.807, 2.05) is 13.8 Å². The van der Waals surface area contributed by atoms with E-state index in [4.69, 9.17) is 5.11 Å². The number of piperidine rings is 1. The van der Waals surface area contributed by atoms with Crippen LogP contribution in [0.15, 0.2) is 0 Å². The van der Waals surface area contributed by atoms with E-state index in [-0.39, 0.29) is 17.9 Å². The van der Waals surface area contributed by atoms with Crippen LogP contribution in [0.4, 0.5) is 0 Å². The molecular weight excluding hydrogens is 192 g/mol. The topological polar surface area (TPSA) is 61.4 Å². The van der Waals surface area contributed by atoms with Gasteiger partial charge in [0.1, 0.15) is 0 Å². The molecule has 1 aliphatic heterocycles. The molecule has 0 bridgehead atoms. The van der Waals surface area contributed by atoms with E-state index in [0.29, 0.717) is 12.5 Å². The number of aliphatic hydroxyl groups is 1. The molecule has 4 nitrogen and oxygen atoms in total. The van der Waals surface area contributed by atoms with Crippen molar-refractivity contribution in [3.8, 4) is 0 Å². The smallest absolute Gasteiger partial charge is 0.226 e. The van der Waals surface area contributed by atoms with Crippen LogP contribution in [0.2, 0.25) is 0 Å². The quantitative estimate of drug-likeness (QED) is 0.623. The highest BCUT2D eigenvalue weighted by Gasteiger charge is 2.36. The number of carbonyl (C=O) groups excluding carboxylic acids is 1. The summed E-state index contributed by atoms with van der Waals surface area (Å²) in [5.74, 6) is 0.440. The third-order valence-electron chi connectivity index (χ3n) is 3.30. The number of nitrogens with one attached hydrogen (secondary N) is 2. The van der Waals surface area contributed by atoms with Gasteiger partial charge in [-0.1, -0.05) is 13.8 Å². The summed E-state index contributed by atoms with van der Waals surface area (Å²) in [6.07, 6.45) is 2.24. The van der Waals surface area contributed by atoms with Crippen molar-refractivity contribution in [2.45, 2.75) is 26.7 Å². The van der Waals surface area contributed by atoms with Crippen molar-refractivity contribution in [3.63, 3.8) is 0 Å². The Morgan fingerprint density at radius 2 is 2.33 bits per heavy atom. The average molecular weight is 214 g/mol. The zero-order chi connectivity index (χ0) is 11.3. The Kier molecular flexibility index (Phi) is 4.54. The molecule has 0 radical (unpaired) electrons. The maximum absolute atomic E-state index is 11.9. The Bertz CT molecular complexity index is 211. The SMILES string of the molecule is CC(C)(C(=O)NCCO)C1CCCNC1. The molecule has 1 saturated heterocycles. The number of amides is 1. The van der Waals surface area contributed by atoms with Crippen LogP contribution in [0, 0.1) is 11.3 Å². The second-order valence-electron chi connectivity index (χ2n) is 4.74. The maximum atomic E-state index is 11.9. The largest absolute Gasteiger partial charge is 0.395 e. The fraction of sp³-hybridized carbons (Fsp3) is 0.909. The van der Waals surface area contributed by atoms with Gasteiger partial charge in [-0.05, 0) is 31.8 Å². The minimum absolute atomic E-state index is 0.00470. The monoisotopic (exact) mass is 214 g/mol. The molecule has 0 aromatic heterocycles. The molecule has 4 heteroatoms. The van der Waals surface area contributed by atoms with Gasteiger partial charge in [0.05, 0.1) is 6.61 Å². The maximum Gasteiger partial charge on any atom is 0.226 e. The molecule has 0 aromatic carbocycles. The molecule has 88 valence electrons. The second-order valence-corrected chi connectivity index (χ2v) is 4.74. The number of hydrogen-bond acceptors (Lipinski definition) is 3. The van der Waals surface area contributed by atoms with Crippen LogP contribution in [-0.4, -0.2) is 37.3 Å². The van der Waals surface area contributed by atoms with Gasteiger partial charge in [-0.2, -0.15) is 0 Å². The fourth-order valence-electron chi connectivity index (χ4n) is 2.05. The van der Waals surface area contributed by atoms with Crippen LogP contribution in [0.5, 0.6) is 0 Å². The molecule has 15 heavy (non-hydrogen) atoms. The van der Waals surface area contributed by atoms with Gasteiger partial charge in [0.25, 0.3) is 0 Å². The van der Waals surface area contributed by atoms with Crippen molar-refractivity contribution >= 4 is 5.91 Å². The molecule has 0 saturated carbocycles. The highest BCUT2D eigenvalue weighted by molar-refractivity contribution is 5.82. The molecule has 1 fully saturated rings. The highest BCUT2D eigenvalue weighted by atomic mass is 16.3. The Labute approximate surface area is 91.4 Å². The Morgan fingerprint density at radius 1 is 1.60 bits per heavy atom. The van der Waals surface area contributed by atoms with Gasteiger partial charge in [0.2, 0.25) is 5.91 Å². The molecule has 1 heterocycles. The van der Waals surface area contributed by atoms with E-state index >= 15 is 0 Å². The molecule has 1 rings (SSSR count). The lowest BCUT2D eigenvalue weighted by molar-refractivity contribution is -0.132. The first-order valence-corrected chi connectivity index (χ1v) is 5.69. The molecule has 1 atom stereocenters. The average Bonchev–Trinajstić information content (AvgIpc) is 2.27. The number of hydrogen-bond donors (Lipinski definition) is 3. The van der Waals surface area contributed by atoms with Gasteiger partial charge in [-0.25, -0.2) is 0 Å². The lowest BCUT2D eigenvalue weighted by atomic mass is 9.74. The molecule has 1 amide bonds. The number of rotatable bonds is 4. The van der Waals surface area contributed by atoms with Crippen LogP contribution >= 0.6 is 0 Å². The highest BCUT2D eigenvalue weighted by Crippen LogP contribution is 2.31. The fourth-order valence-corrected chi connectivity index (χ4v) is 2.05. The standard InChI is InChI=1S/C11H22N2O2/c1-11(2,10(15)13-6-7-14)9-4-3-5-12-8-9/h9,12,14H,3-8H2,1-2H3,(H,13,15). The van der Waals surface area contributed by atoms with E-state index < -0.39 is 0 Å². The van der Waals surface area contributed by atoms with Gasteiger partial charge in [-0.3, -0.25) is 4.79 Å². The molecule has 1 unspecified atom stereocenters. The van der Waals surface area contributed by atoms with Gasteiger partial charge in [0.15, 0.2) is 0 Å². The summed E-state index contributed by atoms with van der Waals surface area (Å²) in [5.41, 5.74) is -0.345. The van der Waals surface area contributed by atoms with Crippen molar-refractivity contribution in [2.24, 2.45) is 11.3 Å². The molecule has 0 aliphatic carbocycles. The summed E-state index contributed by atoms with van der Waals surface area (Å²) in [7, 11) is 0. The van der Waals surface area contributed by atoms with E-state index in [0.717, 1.165) is 25.9 Å². The van der Waals surface area contributed by atoms with Crippen LogP contribution < -0.4 is 10.6 Å². The van der Waals surface area contributed by atoms with Gasteiger partial charge in [-0.15, -0.1) is 0 Å². The van der Waals surface area contributed by atoms with Crippen molar-refractivity contribution in [2.75, 3.05) is 26.2 Å². The van der Waals surface area contributed by atoms with Gasteiger partial charge >= 0.3 is 0 Å². The summed E-state index contributed by atoms with van der Waals surface area (Å²) in [6.45, 7) is 6.30. The van der Waals surface area contributed by atoms with Gasteiger partial charge < -0.3 is 15.7 Å². The van der Waals surface area contributed by atoms with Crippen LogP contribution in [0.25, 0.3) is 0 Å². The van der Waals surface area contributed by atoms with Crippen LogP contribution in [-0.2, 0) is 4.79 Å². The van der Waals surface area contributed by atoms with Crippen molar-refractivity contribution in [1.29, 1.82) is 0 Å². The van der Waals surface area contributed by atoms with E-state index in [2.05, 4.69) is 10.6 Å². The van der Waals surface area contributed by atoms with Gasteiger partial charge in [0, 0.05) is 12.0 Å². The normalized spacial score (nSPS) is 22.5. The van der Waals surface area contributed by atoms with Crippen LogP contribution in [0.1, 0.15) is 26.7 Å². The lowest BCUT2D eigenvalue weighted by Crippen LogP contribution is -2.47. The van der Waals surface area contributed by atoms with Crippen molar-refractivity contribution in [1.82, 2.24) is 10.6 Å². The molecule has 0 spiro atoms. The first-order valence-electron chi connectivity index (χ1n) is 5.69. The Hall–Kier alpha value is -0.610. The van der Waals surface area contributed by atoms with E-state index in [1.54, 1.807) is 0 Å². The minimum Gasteiger partial charge on any atom is -0.395 e. The Balaban J connectivity index is 2.51. The molecular formula is C11H22N2O2. The zero-order valence-electron chi connectivity index (χ0n) is 9.68. The second kappa shape index (κ2) is 5.47. The molecule has 0 aromatic rings. The summed E-state index contributed by atoms with van der Waals surface area (Å²) >= 11 is 0. The number of aliphatic hydroxyl groups excluding tert-OH is 1. The first kappa shape index (κ1) is 12.5. The lowest BCUT2D eigenvalue weighted by Gasteiger charge is -2.35. The van der Waals surface area contributed by atoms with E-state index in [1.165, 1.54) is 0 Å². The third-order valence-corrected chi connectivity index (χ3v) is 3.30. The predicted molar refractivity (Wildman–Crippen MR) is 59.5 cm³/mol. The molecule has 1 aliphatic rings. The van der Waals surface area contributed by atoms with Crippen molar-refractivity contribution < 1.29 is 9.90 Å². The summed E-state index contributed by atoms with van der Waals surface area (Å²) in [6, 6.07) is 0. The van der Waals surface area contributed by atoms with E-state index in [9.17, 15) is 4.79 Å². The number of carbonyl (C=O) groups is 1. The summed E-state index contributed by atoms with van der Waals surface area (Å²) in [4.78, 5) is 11.9. The van der Waals surface area contributed by atoms with Crippen molar-refractivity contribution in [3.05, 3.63) is 0 Å². The summed E-state index contributed by atoms with van der Waals surface area (Å²) in [5, 5.41) is 14.7. The van der Waals surface area contributed by atoms with Crippen LogP contribution in [0.3, 0.4) is 0 Å². The zero-order valence-corrected chi connectivity index (χ0v) is 9.68. The predicted octanol–water partition coefficient (Wildman–Crippen LogP) is 0.121. The minimum atomic E-state index is -0.345. The first-order chi connectivity index (χ1) is 7.09. The third kappa shape index (κ3) is 3.18. The molecule has 3 N–H and O–H groups in total. The summed E-state index contributed by atoms with van der Waals surface area (Å²) < 4.78 is 0.